The van der Waals surface area contributed by atoms with E-state index in [0.29, 0.717) is 6.61 Å². The Morgan fingerprint density at radius 2 is 1.68 bits per heavy atom. The van der Waals surface area contributed by atoms with Crippen molar-refractivity contribution < 1.29 is 28.8 Å². The van der Waals surface area contributed by atoms with Crippen molar-refractivity contribution in [2.75, 3.05) is 6.61 Å². The van der Waals surface area contributed by atoms with Gasteiger partial charge in [0, 0.05) is 0 Å². The monoisotopic (exact) mass is 492 g/mol. The van der Waals surface area contributed by atoms with Gasteiger partial charge in [0.25, 0.3) is 0 Å². The van der Waals surface area contributed by atoms with Crippen molar-refractivity contribution in [1.82, 2.24) is 0 Å². The summed E-state index contributed by atoms with van der Waals surface area (Å²) < 4.78 is 25.3. The molecule has 0 spiro atoms. The van der Waals surface area contributed by atoms with Crippen LogP contribution in [0.2, 0.25) is 0 Å². The fourth-order valence-electron chi connectivity index (χ4n) is 3.51. The molecule has 2 aromatic carbocycles. The van der Waals surface area contributed by atoms with Crippen molar-refractivity contribution in [1.29, 1.82) is 0 Å². The first-order valence-electron chi connectivity index (χ1n) is 10.4. The Morgan fingerprint density at radius 1 is 1.03 bits per heavy atom. The van der Waals surface area contributed by atoms with Gasteiger partial charge in [0.1, 0.15) is 0 Å². The number of esters is 1. The summed E-state index contributed by atoms with van der Waals surface area (Å²) in [6.45, 7) is 5.67. The molecule has 2 saturated heterocycles. The first kappa shape index (κ1) is 22.5. The van der Waals surface area contributed by atoms with E-state index in [-0.39, 0.29) is 20.9 Å². The molecule has 0 unspecified atom stereocenters. The van der Waals surface area contributed by atoms with Crippen LogP contribution in [0.4, 0.5) is 0 Å². The van der Waals surface area contributed by atoms with Crippen LogP contribution >= 0.6 is 0 Å². The molecular formula is C24H28O6Se. The second-order valence-electron chi connectivity index (χ2n) is 8.76. The van der Waals surface area contributed by atoms with Crippen molar-refractivity contribution in [2.45, 2.75) is 56.5 Å². The molecule has 0 amide bonds. The molecule has 0 aromatic heterocycles. The van der Waals surface area contributed by atoms with E-state index in [1.54, 1.807) is 20.8 Å². The molecule has 0 aliphatic carbocycles. The van der Waals surface area contributed by atoms with Crippen LogP contribution in [-0.2, 0) is 23.7 Å². The Hall–Kier alpha value is -1.73. The Kier molecular flexibility index (Phi) is 6.82. The zero-order chi connectivity index (χ0) is 22.0. The number of fused-ring (bicyclic) bond motifs is 1. The van der Waals surface area contributed by atoms with Gasteiger partial charge in [-0.15, -0.1) is 0 Å². The summed E-state index contributed by atoms with van der Waals surface area (Å²) in [7, 11) is 0. The van der Waals surface area contributed by atoms with Crippen LogP contribution < -0.4 is 4.46 Å². The second kappa shape index (κ2) is 9.41. The van der Waals surface area contributed by atoms with Crippen molar-refractivity contribution >= 4 is 25.4 Å². The fourth-order valence-corrected chi connectivity index (χ4v) is 5.76. The van der Waals surface area contributed by atoms with Gasteiger partial charge in [0.2, 0.25) is 0 Å². The zero-order valence-electron chi connectivity index (χ0n) is 17.8. The van der Waals surface area contributed by atoms with E-state index in [4.69, 9.17) is 18.9 Å². The van der Waals surface area contributed by atoms with E-state index in [1.165, 1.54) is 0 Å². The summed E-state index contributed by atoms with van der Waals surface area (Å²) in [6, 6.07) is 19.5. The standard InChI is InChI=1S/C24H28O6Se/c1-24(2,3)23(26)30-20-18(25)22(31-16-12-8-5-9-13-16)28-17-14-27-21(29-19(17)20)15-10-6-4-7-11-15/h4-13,17-22,25H,14H2,1-3H3/t17-,18-,19+,20-,21+,22+/m1/s1. The Morgan fingerprint density at radius 3 is 2.32 bits per heavy atom. The first-order chi connectivity index (χ1) is 14.8. The number of carbonyl (C=O) groups excluding carboxylic acids is 1. The molecule has 0 radical (unpaired) electrons. The number of rotatable bonds is 4. The summed E-state index contributed by atoms with van der Waals surface area (Å²) in [5, 5.41) is 10.7. The van der Waals surface area contributed by atoms with E-state index in [9.17, 15) is 9.90 Å². The molecule has 2 fully saturated rings. The van der Waals surface area contributed by atoms with Crippen LogP contribution in [0, 0.1) is 5.41 Å². The molecule has 166 valence electrons. The third kappa shape index (κ3) is 5.20. The number of benzene rings is 2. The van der Waals surface area contributed by atoms with Crippen LogP contribution in [0.5, 0.6) is 0 Å². The quantitative estimate of drug-likeness (QED) is 0.522. The molecule has 2 aliphatic rings. The minimum atomic E-state index is -0.998. The van der Waals surface area contributed by atoms with Gasteiger partial charge in [-0.2, -0.15) is 0 Å². The molecule has 2 aromatic rings. The molecule has 4 rings (SSSR count). The van der Waals surface area contributed by atoms with E-state index < -0.39 is 41.1 Å². The number of aliphatic hydroxyl groups is 1. The van der Waals surface area contributed by atoms with Crippen molar-refractivity contribution in [3.05, 3.63) is 66.2 Å². The maximum absolute atomic E-state index is 12.7. The topological polar surface area (TPSA) is 74.2 Å². The maximum atomic E-state index is 12.7. The molecule has 7 heteroatoms. The normalized spacial score (nSPS) is 31.0. The van der Waals surface area contributed by atoms with Gasteiger partial charge in [-0.3, -0.25) is 0 Å². The average Bonchev–Trinajstić information content (AvgIpc) is 2.77. The molecule has 0 saturated carbocycles. The van der Waals surface area contributed by atoms with E-state index in [2.05, 4.69) is 0 Å². The molecule has 6 nitrogen and oxygen atoms in total. The van der Waals surface area contributed by atoms with Crippen LogP contribution in [0.15, 0.2) is 60.7 Å². The van der Waals surface area contributed by atoms with Crippen molar-refractivity contribution in [3.63, 3.8) is 0 Å². The van der Waals surface area contributed by atoms with E-state index in [1.807, 2.05) is 60.7 Å². The molecule has 31 heavy (non-hydrogen) atoms. The van der Waals surface area contributed by atoms with Gasteiger partial charge >= 0.3 is 189 Å². The van der Waals surface area contributed by atoms with Crippen LogP contribution in [0.25, 0.3) is 0 Å². The summed E-state index contributed by atoms with van der Waals surface area (Å²) in [4.78, 5) is 12.7. The number of carbonyl (C=O) groups is 1. The van der Waals surface area contributed by atoms with Crippen LogP contribution in [0.1, 0.15) is 32.6 Å². The molecule has 0 bridgehead atoms. The second-order valence-corrected chi connectivity index (χ2v) is 11.2. The number of aliphatic hydroxyl groups excluding tert-OH is 1. The van der Waals surface area contributed by atoms with Gasteiger partial charge in [-0.1, -0.05) is 0 Å². The number of ether oxygens (including phenoxy) is 4. The Bertz CT molecular complexity index is 869. The van der Waals surface area contributed by atoms with Crippen LogP contribution in [-0.4, -0.2) is 62.1 Å². The average molecular weight is 491 g/mol. The summed E-state index contributed by atoms with van der Waals surface area (Å²) in [6.07, 6.45) is -3.50. The van der Waals surface area contributed by atoms with Crippen LogP contribution in [0.3, 0.4) is 0 Å². The third-order valence-electron chi connectivity index (χ3n) is 5.23. The predicted octanol–water partition coefficient (Wildman–Crippen LogP) is 2.17. The van der Waals surface area contributed by atoms with E-state index >= 15 is 0 Å². The number of hydrogen-bond donors (Lipinski definition) is 1. The van der Waals surface area contributed by atoms with Gasteiger partial charge in [-0.25, -0.2) is 0 Å². The van der Waals surface area contributed by atoms with Gasteiger partial charge in [0.15, 0.2) is 0 Å². The molecule has 2 aliphatic heterocycles. The first-order valence-corrected chi connectivity index (χ1v) is 12.3. The van der Waals surface area contributed by atoms with Crippen molar-refractivity contribution in [3.8, 4) is 0 Å². The van der Waals surface area contributed by atoms with E-state index in [0.717, 1.165) is 10.0 Å². The molecular weight excluding hydrogens is 463 g/mol. The minimum absolute atomic E-state index is 0.172. The molecule has 1 N–H and O–H groups in total. The molecule has 6 atom stereocenters. The summed E-state index contributed by atoms with van der Waals surface area (Å²) >= 11 is -0.172. The predicted molar refractivity (Wildman–Crippen MR) is 116 cm³/mol. The van der Waals surface area contributed by atoms with Gasteiger partial charge in [0.05, 0.1) is 0 Å². The number of hydrogen-bond acceptors (Lipinski definition) is 6. The Labute approximate surface area is 189 Å². The van der Waals surface area contributed by atoms with Gasteiger partial charge in [-0.05, 0) is 0 Å². The molecule has 2 heterocycles. The SMILES string of the molecule is CC(C)(C)C(=O)O[C@@H]1[C@@H](O)[C@H]([Se]c2ccccc2)O[C@@H]2CO[C@H](c3ccccc3)O[C@H]12. The zero-order valence-corrected chi connectivity index (χ0v) is 19.6. The van der Waals surface area contributed by atoms with Crippen molar-refractivity contribution in [2.24, 2.45) is 5.41 Å². The summed E-state index contributed by atoms with van der Waals surface area (Å²) in [5.74, 6) is -0.380. The van der Waals surface area contributed by atoms with Gasteiger partial charge < -0.3 is 0 Å². The third-order valence-corrected chi connectivity index (χ3v) is 7.68. The fraction of sp³-hybridized carbons (Fsp3) is 0.458. The Balaban J connectivity index is 1.57. The summed E-state index contributed by atoms with van der Waals surface area (Å²) in [5.41, 5.74) is 0.171.